The van der Waals surface area contributed by atoms with Gasteiger partial charge in [-0.2, -0.15) is 8.62 Å². The predicted molar refractivity (Wildman–Crippen MR) is 114 cm³/mol. The maximum Gasteiger partial charge on any atom is 0.490 e. The molecule has 2 unspecified atom stereocenters. The van der Waals surface area contributed by atoms with Crippen LogP contribution in [0.1, 0.15) is 39.0 Å². The molecule has 0 bridgehead atoms. The quantitative estimate of drug-likeness (QED) is 0.212. The maximum atomic E-state index is 13.2. The number of carbonyl (C=O) groups excluding carboxylic acids is 1. The van der Waals surface area contributed by atoms with Crippen molar-refractivity contribution >= 4 is 29.3 Å². The average Bonchev–Trinajstić information content (AvgIpc) is 2.96. The summed E-state index contributed by atoms with van der Waals surface area (Å²) < 4.78 is 52.9. The number of hydrogen-bond acceptors (Lipinski definition) is 11. The lowest BCUT2D eigenvalue weighted by Crippen LogP contribution is -2.55. The summed E-state index contributed by atoms with van der Waals surface area (Å²) in [5.41, 5.74) is -5.21. The standard InChI is InChI=1S/C15H25N2O15P3/c1-8-6-17(13(21)16-11(8)19)10-5-9(18)15(30-10,12(20)14(2,3)4)7-29-34(25,26)32-35(27,28)31-33(22,23)24/h6,9-10,18H,5,7H2,1-4H3,(H,25,26)(H,27,28)(H,16,19,21)(H2,22,23,24)/t9-,10+,15+/m0/s1. The first kappa shape index (κ1) is 29.9. The first-order chi connectivity index (χ1) is 15.6. The Morgan fingerprint density at radius 3 is 2.26 bits per heavy atom. The smallest absolute Gasteiger partial charge is 0.389 e. The van der Waals surface area contributed by atoms with Crippen molar-refractivity contribution in [2.45, 2.75) is 52.0 Å². The van der Waals surface area contributed by atoms with Gasteiger partial charge in [-0.1, -0.05) is 20.8 Å². The molecule has 2 heterocycles. The molecule has 35 heavy (non-hydrogen) atoms. The second-order valence-electron chi connectivity index (χ2n) is 8.64. The predicted octanol–water partition coefficient (Wildman–Crippen LogP) is -0.178. The second kappa shape index (κ2) is 9.86. The number of nitrogens with one attached hydrogen (secondary N) is 1. The number of aromatic amines is 1. The van der Waals surface area contributed by atoms with E-state index in [2.05, 4.69) is 13.1 Å². The summed E-state index contributed by atoms with van der Waals surface area (Å²) in [5, 5.41) is 10.7. The second-order valence-corrected chi connectivity index (χ2v) is 13.1. The van der Waals surface area contributed by atoms with Gasteiger partial charge in [-0.05, 0) is 6.92 Å². The summed E-state index contributed by atoms with van der Waals surface area (Å²) in [4.78, 5) is 75.4. The number of aromatic nitrogens is 2. The minimum atomic E-state index is -5.84. The number of phosphoric acid groups is 3. The van der Waals surface area contributed by atoms with Gasteiger partial charge in [0.2, 0.25) is 0 Å². The largest absolute Gasteiger partial charge is 0.490 e. The number of H-pyrrole nitrogens is 1. The Morgan fingerprint density at radius 2 is 1.74 bits per heavy atom. The lowest BCUT2D eigenvalue weighted by Gasteiger charge is -2.35. The minimum Gasteiger partial charge on any atom is -0.389 e. The fraction of sp³-hybridized carbons (Fsp3) is 0.667. The fourth-order valence-electron chi connectivity index (χ4n) is 3.24. The molecule has 2 rings (SSSR count). The summed E-state index contributed by atoms with van der Waals surface area (Å²) in [7, 11) is -17.1. The van der Waals surface area contributed by atoms with Crippen molar-refractivity contribution in [3.05, 3.63) is 32.6 Å². The number of carbonyl (C=O) groups is 1. The highest BCUT2D eigenvalue weighted by atomic mass is 31.3. The van der Waals surface area contributed by atoms with Crippen LogP contribution in [0.5, 0.6) is 0 Å². The van der Waals surface area contributed by atoms with E-state index in [1.807, 2.05) is 4.98 Å². The third-order valence-corrected chi connectivity index (χ3v) is 8.47. The molecule has 1 fully saturated rings. The number of Topliss-reactive ketones (excluding diaryl/α,β-unsaturated/α-hetero) is 1. The fourth-order valence-corrected chi connectivity index (χ4v) is 6.29. The van der Waals surface area contributed by atoms with Gasteiger partial charge < -0.3 is 29.4 Å². The molecule has 5 atom stereocenters. The third kappa shape index (κ3) is 7.35. The van der Waals surface area contributed by atoms with E-state index in [4.69, 9.17) is 14.5 Å². The highest BCUT2D eigenvalue weighted by Gasteiger charge is 2.58. The molecule has 0 saturated carbocycles. The van der Waals surface area contributed by atoms with Crippen molar-refractivity contribution in [2.24, 2.45) is 5.41 Å². The molecule has 0 aliphatic carbocycles. The highest BCUT2D eigenvalue weighted by molar-refractivity contribution is 7.66. The Bertz CT molecular complexity index is 1240. The number of hydrogen-bond donors (Lipinski definition) is 6. The molecule has 1 aliphatic heterocycles. The molecule has 17 nitrogen and oxygen atoms in total. The summed E-state index contributed by atoms with van der Waals surface area (Å²) in [6.07, 6.45) is -2.43. The molecule has 6 N–H and O–H groups in total. The van der Waals surface area contributed by atoms with Crippen LogP contribution in [0.3, 0.4) is 0 Å². The highest BCUT2D eigenvalue weighted by Crippen LogP contribution is 2.66. The van der Waals surface area contributed by atoms with E-state index in [1.165, 1.54) is 27.7 Å². The van der Waals surface area contributed by atoms with Gasteiger partial charge in [-0.15, -0.1) is 0 Å². The monoisotopic (exact) mass is 566 g/mol. The Labute approximate surface area is 197 Å². The number of aryl methyl sites for hydroxylation is 1. The summed E-state index contributed by atoms with van der Waals surface area (Å²) in [5.74, 6) is -0.868. The molecule has 1 aromatic rings. The van der Waals surface area contributed by atoms with Gasteiger partial charge in [0.1, 0.15) is 6.23 Å². The van der Waals surface area contributed by atoms with E-state index in [0.29, 0.717) is 0 Å². The van der Waals surface area contributed by atoms with Crippen LogP contribution in [0.15, 0.2) is 15.8 Å². The van der Waals surface area contributed by atoms with Gasteiger partial charge in [-0.3, -0.25) is 23.7 Å². The SMILES string of the molecule is Cc1cn([C@H]2C[C@H](O)[C@](COP(=O)(O)OP(=O)(O)OP(=O)(O)O)(C(=O)C(C)(C)C)O2)c(=O)[nH]c1=O. The van der Waals surface area contributed by atoms with E-state index < -0.39 is 76.9 Å². The Morgan fingerprint density at radius 1 is 1.17 bits per heavy atom. The third-order valence-electron chi connectivity index (χ3n) is 4.69. The Balaban J connectivity index is 2.40. The van der Waals surface area contributed by atoms with Crippen molar-refractivity contribution in [2.75, 3.05) is 6.61 Å². The van der Waals surface area contributed by atoms with Gasteiger partial charge in [0.25, 0.3) is 5.56 Å². The number of nitrogens with zero attached hydrogens (tertiary/aromatic N) is 1. The molecule has 20 heteroatoms. The van der Waals surface area contributed by atoms with Crippen LogP contribution in [0.25, 0.3) is 0 Å². The molecule has 0 radical (unpaired) electrons. The van der Waals surface area contributed by atoms with Crippen LogP contribution in [0.4, 0.5) is 0 Å². The number of aliphatic hydroxyl groups excluding tert-OH is 1. The summed E-state index contributed by atoms with van der Waals surface area (Å²) in [6.45, 7) is 4.37. The van der Waals surface area contributed by atoms with Crippen molar-refractivity contribution in [1.82, 2.24) is 9.55 Å². The van der Waals surface area contributed by atoms with Gasteiger partial charge in [0.15, 0.2) is 11.4 Å². The zero-order valence-corrected chi connectivity index (χ0v) is 21.4. The van der Waals surface area contributed by atoms with Gasteiger partial charge >= 0.3 is 29.2 Å². The number of aliphatic hydroxyl groups is 1. The zero-order chi connectivity index (χ0) is 27.2. The van der Waals surface area contributed by atoms with Crippen LogP contribution >= 0.6 is 23.5 Å². The van der Waals surface area contributed by atoms with Gasteiger partial charge in [0, 0.05) is 23.6 Å². The summed E-state index contributed by atoms with van der Waals surface area (Å²) in [6, 6.07) is 0. The lowest BCUT2D eigenvalue weighted by atomic mass is 9.78. The molecule has 200 valence electrons. The number of rotatable bonds is 9. The van der Waals surface area contributed by atoms with Crippen molar-refractivity contribution in [1.29, 1.82) is 0 Å². The summed E-state index contributed by atoms with van der Waals surface area (Å²) >= 11 is 0. The van der Waals surface area contributed by atoms with E-state index in [0.717, 1.165) is 10.8 Å². The molecule has 0 amide bonds. The average molecular weight is 566 g/mol. The van der Waals surface area contributed by atoms with Crippen LogP contribution < -0.4 is 11.2 Å². The van der Waals surface area contributed by atoms with Crippen molar-refractivity contribution in [3.63, 3.8) is 0 Å². The van der Waals surface area contributed by atoms with Crippen molar-refractivity contribution in [3.8, 4) is 0 Å². The molecule has 1 saturated heterocycles. The lowest BCUT2D eigenvalue weighted by molar-refractivity contribution is -0.171. The van der Waals surface area contributed by atoms with Crippen LogP contribution in [-0.4, -0.2) is 58.3 Å². The number of ether oxygens (including phenoxy) is 1. The Hall–Kier alpha value is -1.32. The normalized spacial score (nSPS) is 26.8. The minimum absolute atomic E-state index is 0.0931. The molecule has 1 aliphatic rings. The number of ketones is 1. The van der Waals surface area contributed by atoms with Crippen LogP contribution in [0, 0.1) is 12.3 Å². The van der Waals surface area contributed by atoms with E-state index >= 15 is 0 Å². The van der Waals surface area contributed by atoms with Crippen LogP contribution in [0.2, 0.25) is 0 Å². The Kier molecular flexibility index (Phi) is 8.42. The van der Waals surface area contributed by atoms with E-state index in [9.17, 15) is 43.0 Å². The molecule has 0 aromatic carbocycles. The molecule has 1 aromatic heterocycles. The van der Waals surface area contributed by atoms with Gasteiger partial charge in [0.05, 0.1) is 12.7 Å². The van der Waals surface area contributed by atoms with E-state index in [1.54, 1.807) is 0 Å². The van der Waals surface area contributed by atoms with Crippen LogP contribution in [-0.2, 0) is 36.4 Å². The molecular formula is C15H25N2O15P3. The van der Waals surface area contributed by atoms with Gasteiger partial charge in [-0.25, -0.2) is 18.5 Å². The zero-order valence-electron chi connectivity index (χ0n) is 18.8. The first-order valence-electron chi connectivity index (χ1n) is 9.60. The van der Waals surface area contributed by atoms with E-state index in [-0.39, 0.29) is 5.56 Å². The topological polar surface area (TPSA) is 261 Å². The molecule has 0 spiro atoms. The van der Waals surface area contributed by atoms with Crippen molar-refractivity contribution < 1.29 is 61.1 Å². The maximum absolute atomic E-state index is 13.2. The molecular weight excluding hydrogens is 541 g/mol. The first-order valence-corrected chi connectivity index (χ1v) is 14.1. The number of phosphoric ester groups is 1.